The lowest BCUT2D eigenvalue weighted by Crippen LogP contribution is -2.11. The molecule has 1 N–H and O–H groups in total. The van der Waals surface area contributed by atoms with Crippen molar-refractivity contribution in [3.8, 4) is 17.0 Å². The summed E-state index contributed by atoms with van der Waals surface area (Å²) in [5, 5.41) is 12.0. The van der Waals surface area contributed by atoms with Crippen molar-refractivity contribution in [3.05, 3.63) is 72.4 Å². The van der Waals surface area contributed by atoms with Crippen LogP contribution in [0.25, 0.3) is 22.2 Å². The van der Waals surface area contributed by atoms with Gasteiger partial charge in [0.2, 0.25) is 0 Å². The lowest BCUT2D eigenvalue weighted by molar-refractivity contribution is 0.150. The van der Waals surface area contributed by atoms with Crippen LogP contribution < -0.4 is 4.74 Å². The van der Waals surface area contributed by atoms with E-state index >= 15 is 0 Å². The van der Waals surface area contributed by atoms with Crippen molar-refractivity contribution in [1.82, 2.24) is 9.55 Å². The molecule has 26 heavy (non-hydrogen) atoms. The van der Waals surface area contributed by atoms with E-state index in [0.29, 0.717) is 12.2 Å². The van der Waals surface area contributed by atoms with E-state index < -0.39 is 6.10 Å². The summed E-state index contributed by atoms with van der Waals surface area (Å²) < 4.78 is 13.1. The van der Waals surface area contributed by atoms with Gasteiger partial charge in [0.05, 0.1) is 43.7 Å². The molecule has 0 saturated heterocycles. The maximum absolute atomic E-state index is 11.0. The third-order valence-electron chi connectivity index (χ3n) is 5.21. The van der Waals surface area contributed by atoms with Gasteiger partial charge in [0.15, 0.2) is 0 Å². The lowest BCUT2D eigenvalue weighted by Gasteiger charge is -2.21. The molecular formula is C21H18N2O3. The van der Waals surface area contributed by atoms with Gasteiger partial charge in [-0.15, -0.1) is 0 Å². The van der Waals surface area contributed by atoms with Gasteiger partial charge < -0.3 is 18.8 Å². The molecule has 3 heterocycles. The van der Waals surface area contributed by atoms with Gasteiger partial charge in [0, 0.05) is 29.0 Å². The molecule has 2 aromatic carbocycles. The number of aromatic nitrogens is 2. The summed E-state index contributed by atoms with van der Waals surface area (Å²) in [5.74, 6) is 0.636. The van der Waals surface area contributed by atoms with Crippen LogP contribution in [0.4, 0.5) is 0 Å². The van der Waals surface area contributed by atoms with Crippen molar-refractivity contribution in [3.63, 3.8) is 0 Å². The Morgan fingerprint density at radius 3 is 3.04 bits per heavy atom. The average molecular weight is 346 g/mol. The molecule has 0 radical (unpaired) electrons. The zero-order valence-electron chi connectivity index (χ0n) is 14.3. The molecule has 2 aromatic heterocycles. The number of fused-ring (bicyclic) bond motifs is 4. The third kappa shape index (κ3) is 2.17. The standard InChI is InChI=1S/C21H18N2O3/c1-25-21-10-20-13(6-7-26-20)8-16(21)19(24)9-17-14-4-2-3-5-15(14)18-11-22-12-23(17)18/h2-8,10-12,17,19,24H,9H2,1H3. The number of aliphatic hydroxyl groups is 1. The number of aliphatic hydroxyl groups excluding tert-OH is 1. The van der Waals surface area contributed by atoms with E-state index in [9.17, 15) is 5.11 Å². The predicted octanol–water partition coefficient (Wildman–Crippen LogP) is 4.33. The Morgan fingerprint density at radius 1 is 1.27 bits per heavy atom. The van der Waals surface area contributed by atoms with Crippen LogP contribution in [0.1, 0.15) is 29.7 Å². The highest BCUT2D eigenvalue weighted by Crippen LogP contribution is 2.44. The topological polar surface area (TPSA) is 60.4 Å². The molecule has 1 aliphatic rings. The Hall–Kier alpha value is -3.05. The number of ether oxygens (including phenoxy) is 1. The first-order valence-corrected chi connectivity index (χ1v) is 8.60. The summed E-state index contributed by atoms with van der Waals surface area (Å²) >= 11 is 0. The van der Waals surface area contributed by atoms with Gasteiger partial charge >= 0.3 is 0 Å². The van der Waals surface area contributed by atoms with Gasteiger partial charge in [-0.05, 0) is 17.7 Å². The molecule has 0 saturated carbocycles. The number of nitrogens with zero attached hydrogens (tertiary/aromatic N) is 2. The van der Waals surface area contributed by atoms with Gasteiger partial charge in [-0.1, -0.05) is 24.3 Å². The van der Waals surface area contributed by atoms with Crippen LogP contribution in [-0.2, 0) is 0 Å². The lowest BCUT2D eigenvalue weighted by atomic mass is 9.95. The van der Waals surface area contributed by atoms with Gasteiger partial charge in [0.1, 0.15) is 11.3 Å². The Labute approximate surface area is 150 Å². The molecule has 0 amide bonds. The van der Waals surface area contributed by atoms with Crippen LogP contribution in [0.3, 0.4) is 0 Å². The van der Waals surface area contributed by atoms with Crippen LogP contribution in [0.2, 0.25) is 0 Å². The van der Waals surface area contributed by atoms with E-state index in [1.54, 1.807) is 13.4 Å². The third-order valence-corrected chi connectivity index (χ3v) is 5.21. The monoisotopic (exact) mass is 346 g/mol. The number of hydrogen-bond donors (Lipinski definition) is 1. The average Bonchev–Trinajstić information content (AvgIpc) is 3.37. The molecule has 0 aliphatic carbocycles. The Bertz CT molecular complexity index is 1100. The first kappa shape index (κ1) is 15.2. The van der Waals surface area contributed by atoms with Gasteiger partial charge in [0.25, 0.3) is 0 Å². The van der Waals surface area contributed by atoms with E-state index in [4.69, 9.17) is 9.15 Å². The van der Waals surface area contributed by atoms with Crippen LogP contribution in [0.15, 0.2) is 65.7 Å². The van der Waals surface area contributed by atoms with Crippen molar-refractivity contribution in [1.29, 1.82) is 0 Å². The molecule has 0 fully saturated rings. The fourth-order valence-electron chi connectivity index (χ4n) is 3.96. The summed E-state index contributed by atoms with van der Waals surface area (Å²) in [6, 6.07) is 14.0. The summed E-state index contributed by atoms with van der Waals surface area (Å²) in [5.41, 5.74) is 5.01. The number of benzene rings is 2. The number of methoxy groups -OCH3 is 1. The van der Waals surface area contributed by atoms with Crippen LogP contribution in [0.5, 0.6) is 5.75 Å². The molecule has 5 heteroatoms. The zero-order chi connectivity index (χ0) is 17.7. The molecule has 5 rings (SSSR count). The van der Waals surface area contributed by atoms with E-state index in [2.05, 4.69) is 21.7 Å². The molecular weight excluding hydrogens is 328 g/mol. The van der Waals surface area contributed by atoms with Gasteiger partial charge in [-0.25, -0.2) is 4.98 Å². The molecule has 0 bridgehead atoms. The largest absolute Gasteiger partial charge is 0.496 e. The quantitative estimate of drug-likeness (QED) is 0.597. The minimum atomic E-state index is -0.671. The van der Waals surface area contributed by atoms with Crippen LogP contribution >= 0.6 is 0 Å². The van der Waals surface area contributed by atoms with E-state index in [0.717, 1.165) is 22.2 Å². The second-order valence-corrected chi connectivity index (χ2v) is 6.59. The number of rotatable bonds is 4. The number of hydrogen-bond acceptors (Lipinski definition) is 4. The minimum absolute atomic E-state index is 0.0449. The summed E-state index contributed by atoms with van der Waals surface area (Å²) in [6.45, 7) is 0. The maximum Gasteiger partial charge on any atom is 0.137 e. The van der Waals surface area contributed by atoms with Gasteiger partial charge in [-0.3, -0.25) is 0 Å². The molecule has 130 valence electrons. The fraction of sp³-hybridized carbons (Fsp3) is 0.190. The van der Waals surface area contributed by atoms with Crippen LogP contribution in [-0.4, -0.2) is 21.8 Å². The summed E-state index contributed by atoms with van der Waals surface area (Å²) in [6.07, 6.45) is 5.23. The predicted molar refractivity (Wildman–Crippen MR) is 98.1 cm³/mol. The Kier molecular flexibility index (Phi) is 3.36. The summed E-state index contributed by atoms with van der Waals surface area (Å²) in [7, 11) is 1.61. The van der Waals surface area contributed by atoms with E-state index in [-0.39, 0.29) is 6.04 Å². The molecule has 1 aliphatic heterocycles. The molecule has 2 unspecified atom stereocenters. The zero-order valence-corrected chi connectivity index (χ0v) is 14.3. The molecule has 0 spiro atoms. The minimum Gasteiger partial charge on any atom is -0.496 e. The highest BCUT2D eigenvalue weighted by molar-refractivity contribution is 5.80. The second kappa shape index (κ2) is 5.75. The first-order valence-electron chi connectivity index (χ1n) is 8.60. The SMILES string of the molecule is COc1cc2occc2cc1C(O)CC1c2ccccc2-c2cncn21. The van der Waals surface area contributed by atoms with Crippen LogP contribution in [0, 0.1) is 0 Å². The van der Waals surface area contributed by atoms with Crippen molar-refractivity contribution in [2.45, 2.75) is 18.6 Å². The Balaban J connectivity index is 1.54. The fourth-order valence-corrected chi connectivity index (χ4v) is 3.96. The first-order chi connectivity index (χ1) is 12.8. The normalized spacial score (nSPS) is 16.5. The van der Waals surface area contributed by atoms with E-state index in [1.807, 2.05) is 42.9 Å². The summed E-state index contributed by atoms with van der Waals surface area (Å²) in [4.78, 5) is 4.28. The van der Waals surface area contributed by atoms with Gasteiger partial charge in [-0.2, -0.15) is 0 Å². The highest BCUT2D eigenvalue weighted by Gasteiger charge is 2.31. The number of imidazole rings is 1. The highest BCUT2D eigenvalue weighted by atomic mass is 16.5. The second-order valence-electron chi connectivity index (χ2n) is 6.59. The van der Waals surface area contributed by atoms with Crippen molar-refractivity contribution < 1.29 is 14.3 Å². The maximum atomic E-state index is 11.0. The Morgan fingerprint density at radius 2 is 2.15 bits per heavy atom. The van der Waals surface area contributed by atoms with Crippen molar-refractivity contribution >= 4 is 11.0 Å². The number of furan rings is 1. The smallest absolute Gasteiger partial charge is 0.137 e. The molecule has 5 nitrogen and oxygen atoms in total. The molecule has 4 aromatic rings. The van der Waals surface area contributed by atoms with Crippen molar-refractivity contribution in [2.24, 2.45) is 0 Å². The molecule has 2 atom stereocenters. The van der Waals surface area contributed by atoms with E-state index in [1.165, 1.54) is 11.1 Å². The van der Waals surface area contributed by atoms with Crippen molar-refractivity contribution in [2.75, 3.05) is 7.11 Å².